The molecule has 3 rings (SSSR count). The van der Waals surface area contributed by atoms with Gasteiger partial charge in [0.05, 0.1) is 5.69 Å². The summed E-state index contributed by atoms with van der Waals surface area (Å²) in [6.45, 7) is 0. The highest BCUT2D eigenvalue weighted by molar-refractivity contribution is 9.11. The molecule has 29 heavy (non-hydrogen) atoms. The molecule has 1 fully saturated rings. The van der Waals surface area contributed by atoms with Crippen molar-refractivity contribution < 1.29 is 0 Å². The monoisotopic (exact) mass is 604 g/mol. The molecular formula is C19H23Br3N6S. The average Bonchev–Trinajstić information content (AvgIpc) is 2.66. The van der Waals surface area contributed by atoms with Crippen molar-refractivity contribution in [1.29, 1.82) is 0 Å². The number of nitrogens with zero attached hydrogens (tertiary/aromatic N) is 3. The molecule has 156 valence electrons. The van der Waals surface area contributed by atoms with Gasteiger partial charge in [0.1, 0.15) is 5.82 Å². The largest absolute Gasteiger partial charge is 0.363 e. The molecule has 0 unspecified atom stereocenters. The summed E-state index contributed by atoms with van der Waals surface area (Å²) in [5.74, 6) is 1.59. The number of thiocarbonyl (C=S) groups is 1. The molecular weight excluding hydrogens is 584 g/mol. The van der Waals surface area contributed by atoms with Gasteiger partial charge in [0.15, 0.2) is 5.11 Å². The maximum Gasteiger partial charge on any atom is 0.224 e. The van der Waals surface area contributed by atoms with Crippen LogP contribution in [0.1, 0.15) is 25.7 Å². The predicted molar refractivity (Wildman–Crippen MR) is 135 cm³/mol. The van der Waals surface area contributed by atoms with E-state index < -0.39 is 0 Å². The Morgan fingerprint density at radius 1 is 1.07 bits per heavy atom. The molecule has 1 aromatic carbocycles. The fourth-order valence-corrected chi connectivity index (χ4v) is 5.95. The average molecular weight is 607 g/mol. The minimum absolute atomic E-state index is 0.357. The van der Waals surface area contributed by atoms with Gasteiger partial charge in [-0.2, -0.15) is 4.98 Å². The van der Waals surface area contributed by atoms with Crippen LogP contribution < -0.4 is 20.9 Å². The summed E-state index contributed by atoms with van der Waals surface area (Å²) in [5, 5.41) is 10.8. The van der Waals surface area contributed by atoms with E-state index in [1.165, 1.54) is 0 Å². The third kappa shape index (κ3) is 6.50. The van der Waals surface area contributed by atoms with Crippen LogP contribution >= 0.6 is 60.0 Å². The lowest BCUT2D eigenvalue weighted by Crippen LogP contribution is -2.42. The third-order valence-corrected chi connectivity index (χ3v) is 6.67. The van der Waals surface area contributed by atoms with Crippen molar-refractivity contribution in [3.8, 4) is 0 Å². The number of benzene rings is 1. The minimum Gasteiger partial charge on any atom is -0.363 e. The Bertz CT molecular complexity index is 848. The molecule has 0 bridgehead atoms. The molecule has 2 aromatic rings. The second-order valence-electron chi connectivity index (χ2n) is 7.17. The summed E-state index contributed by atoms with van der Waals surface area (Å²) in [6.07, 6.45) is 5.95. The Kier molecular flexibility index (Phi) is 8.12. The fourth-order valence-electron chi connectivity index (χ4n) is 3.23. The molecule has 0 aliphatic heterocycles. The van der Waals surface area contributed by atoms with Crippen LogP contribution in [0, 0.1) is 0 Å². The van der Waals surface area contributed by atoms with Gasteiger partial charge < -0.3 is 20.9 Å². The first kappa shape index (κ1) is 22.7. The first-order valence-corrected chi connectivity index (χ1v) is 12.1. The van der Waals surface area contributed by atoms with Crippen LogP contribution in [0.25, 0.3) is 0 Å². The Labute approximate surface area is 202 Å². The van der Waals surface area contributed by atoms with E-state index in [1.807, 2.05) is 37.2 Å². The van der Waals surface area contributed by atoms with Gasteiger partial charge in [0, 0.05) is 45.8 Å². The molecule has 1 aliphatic rings. The SMILES string of the molecule is CN(C)c1ccnc(NC2CCC(NC(=S)Nc3c(Br)cc(Br)cc3Br)CC2)n1. The second-order valence-corrected chi connectivity index (χ2v) is 10.2. The maximum atomic E-state index is 5.53. The van der Waals surface area contributed by atoms with Gasteiger partial charge in [0.2, 0.25) is 5.95 Å². The molecule has 1 saturated carbocycles. The summed E-state index contributed by atoms with van der Waals surface area (Å²) >= 11 is 16.1. The molecule has 0 saturated heterocycles. The van der Waals surface area contributed by atoms with Crippen LogP contribution in [-0.4, -0.2) is 41.3 Å². The van der Waals surface area contributed by atoms with Crippen LogP contribution in [0.15, 0.2) is 37.8 Å². The summed E-state index contributed by atoms with van der Waals surface area (Å²) in [7, 11) is 3.95. The van der Waals surface area contributed by atoms with Crippen LogP contribution in [0.4, 0.5) is 17.5 Å². The molecule has 10 heteroatoms. The van der Waals surface area contributed by atoms with E-state index in [2.05, 4.69) is 73.7 Å². The number of anilines is 3. The Hall–Kier alpha value is -0.970. The molecule has 0 radical (unpaired) electrons. The number of hydrogen-bond acceptors (Lipinski definition) is 5. The lowest BCUT2D eigenvalue weighted by molar-refractivity contribution is 0.387. The number of hydrogen-bond donors (Lipinski definition) is 3. The van der Waals surface area contributed by atoms with E-state index in [1.54, 1.807) is 6.20 Å². The number of aromatic nitrogens is 2. The Morgan fingerprint density at radius 2 is 1.69 bits per heavy atom. The molecule has 0 amide bonds. The molecule has 0 atom stereocenters. The van der Waals surface area contributed by atoms with Crippen molar-refractivity contribution >= 4 is 82.6 Å². The van der Waals surface area contributed by atoms with Gasteiger partial charge in [0.25, 0.3) is 0 Å². The zero-order valence-corrected chi connectivity index (χ0v) is 21.8. The number of nitrogens with one attached hydrogen (secondary N) is 3. The molecule has 6 nitrogen and oxygen atoms in total. The standard InChI is InChI=1S/C19H23Br3N6S/c1-28(2)16-7-8-23-18(26-16)24-12-3-5-13(6-4-12)25-19(29)27-17-14(21)9-11(20)10-15(17)22/h7-10,12-13H,3-6H2,1-2H3,(H,23,24,26)(H2,25,27,29). The highest BCUT2D eigenvalue weighted by atomic mass is 79.9. The molecule has 3 N–H and O–H groups in total. The lowest BCUT2D eigenvalue weighted by Gasteiger charge is -2.30. The fraction of sp³-hybridized carbons (Fsp3) is 0.421. The van der Waals surface area contributed by atoms with Crippen molar-refractivity contribution in [2.24, 2.45) is 0 Å². The van der Waals surface area contributed by atoms with Crippen molar-refractivity contribution in [3.05, 3.63) is 37.8 Å². The van der Waals surface area contributed by atoms with Crippen LogP contribution in [0.3, 0.4) is 0 Å². The maximum absolute atomic E-state index is 5.53. The summed E-state index contributed by atoms with van der Waals surface area (Å²) in [6, 6.07) is 6.61. The molecule has 0 spiro atoms. The Morgan fingerprint density at radius 3 is 2.31 bits per heavy atom. The highest BCUT2D eigenvalue weighted by Crippen LogP contribution is 2.34. The van der Waals surface area contributed by atoms with Gasteiger partial charge in [-0.05, 0) is 88.0 Å². The van der Waals surface area contributed by atoms with Gasteiger partial charge in [-0.15, -0.1) is 0 Å². The smallest absolute Gasteiger partial charge is 0.224 e. The first-order chi connectivity index (χ1) is 13.8. The minimum atomic E-state index is 0.357. The quantitative estimate of drug-likeness (QED) is 0.386. The van der Waals surface area contributed by atoms with E-state index >= 15 is 0 Å². The Balaban J connectivity index is 1.48. The predicted octanol–water partition coefficient (Wildman–Crippen LogP) is 5.54. The first-order valence-electron chi connectivity index (χ1n) is 9.31. The molecule has 1 aliphatic carbocycles. The van der Waals surface area contributed by atoms with Crippen molar-refractivity contribution in [2.45, 2.75) is 37.8 Å². The van der Waals surface area contributed by atoms with Gasteiger partial charge in [-0.3, -0.25) is 0 Å². The van der Waals surface area contributed by atoms with E-state index in [0.717, 1.165) is 50.6 Å². The van der Waals surface area contributed by atoms with E-state index in [-0.39, 0.29) is 0 Å². The number of halogens is 3. The second kappa shape index (κ2) is 10.4. The van der Waals surface area contributed by atoms with Gasteiger partial charge in [-0.25, -0.2) is 4.98 Å². The van der Waals surface area contributed by atoms with E-state index in [4.69, 9.17) is 12.2 Å². The topological polar surface area (TPSA) is 65.1 Å². The summed E-state index contributed by atoms with van der Waals surface area (Å²) in [4.78, 5) is 10.9. The zero-order valence-electron chi connectivity index (χ0n) is 16.2. The van der Waals surface area contributed by atoms with Crippen molar-refractivity contribution in [1.82, 2.24) is 15.3 Å². The van der Waals surface area contributed by atoms with Crippen molar-refractivity contribution in [3.63, 3.8) is 0 Å². The van der Waals surface area contributed by atoms with E-state index in [0.29, 0.717) is 23.1 Å². The van der Waals surface area contributed by atoms with Gasteiger partial charge in [-0.1, -0.05) is 15.9 Å². The van der Waals surface area contributed by atoms with Crippen LogP contribution in [0.2, 0.25) is 0 Å². The number of rotatable bonds is 5. The third-order valence-electron chi connectivity index (χ3n) is 4.74. The normalized spacial score (nSPS) is 18.8. The molecule has 1 aromatic heterocycles. The summed E-state index contributed by atoms with van der Waals surface area (Å²) in [5.41, 5.74) is 0.916. The zero-order chi connectivity index (χ0) is 21.0. The summed E-state index contributed by atoms with van der Waals surface area (Å²) < 4.78 is 2.87. The van der Waals surface area contributed by atoms with Gasteiger partial charge >= 0.3 is 0 Å². The van der Waals surface area contributed by atoms with Crippen molar-refractivity contribution in [2.75, 3.05) is 29.6 Å². The lowest BCUT2D eigenvalue weighted by atomic mass is 9.91. The van der Waals surface area contributed by atoms with Crippen LogP contribution in [0.5, 0.6) is 0 Å². The molecule has 1 heterocycles. The van der Waals surface area contributed by atoms with Crippen LogP contribution in [-0.2, 0) is 0 Å². The highest BCUT2D eigenvalue weighted by Gasteiger charge is 2.22. The van der Waals surface area contributed by atoms with E-state index in [9.17, 15) is 0 Å².